The van der Waals surface area contributed by atoms with Gasteiger partial charge in [0, 0.05) is 6.54 Å². The van der Waals surface area contributed by atoms with Crippen LogP contribution in [0.25, 0.3) is 0 Å². The lowest BCUT2D eigenvalue weighted by molar-refractivity contribution is 0.340. The molecule has 0 radical (unpaired) electrons. The van der Waals surface area contributed by atoms with Crippen LogP contribution in [-0.4, -0.2) is 14.7 Å². The van der Waals surface area contributed by atoms with Gasteiger partial charge in [-0.05, 0) is 31.6 Å². The Morgan fingerprint density at radius 2 is 2.22 bits per heavy atom. The molecule has 1 heterocycles. The molecule has 0 saturated carbocycles. The van der Waals surface area contributed by atoms with Crippen LogP contribution >= 0.6 is 0 Å². The smallest absolute Gasteiger partial charge is 0.331 e. The minimum Gasteiger partial charge on any atom is -0.494 e. The zero-order valence-corrected chi connectivity index (χ0v) is 10.5. The molecule has 98 valence electrons. The third-order valence-electron chi connectivity index (χ3n) is 3.44. The molecule has 0 amide bonds. The van der Waals surface area contributed by atoms with Gasteiger partial charge < -0.3 is 5.11 Å². The molecule has 0 aliphatic heterocycles. The number of nitrogens with zero attached hydrogens (tertiary/aromatic N) is 1. The molecule has 18 heavy (non-hydrogen) atoms. The lowest BCUT2D eigenvalue weighted by Gasteiger charge is -2.19. The summed E-state index contributed by atoms with van der Waals surface area (Å²) in [4.78, 5) is 25.5. The Balaban J connectivity index is 2.35. The van der Waals surface area contributed by atoms with Gasteiger partial charge in [-0.2, -0.15) is 0 Å². The maximum atomic E-state index is 11.7. The largest absolute Gasteiger partial charge is 0.494 e. The van der Waals surface area contributed by atoms with Gasteiger partial charge in [0.05, 0.1) is 5.56 Å². The van der Waals surface area contributed by atoms with Crippen LogP contribution in [0.5, 0.6) is 5.88 Å². The third kappa shape index (κ3) is 2.39. The van der Waals surface area contributed by atoms with Gasteiger partial charge in [0.15, 0.2) is 0 Å². The van der Waals surface area contributed by atoms with E-state index in [0.29, 0.717) is 18.9 Å². The quantitative estimate of drug-likeness (QED) is 0.790. The second-order valence-corrected chi connectivity index (χ2v) is 4.68. The summed E-state index contributed by atoms with van der Waals surface area (Å²) < 4.78 is 1.28. The fraction of sp³-hybridized carbons (Fsp3) is 0.538. The Kier molecular flexibility index (Phi) is 3.69. The number of aromatic nitrogens is 2. The van der Waals surface area contributed by atoms with Crippen molar-refractivity contribution in [3.8, 4) is 5.88 Å². The Morgan fingerprint density at radius 1 is 1.44 bits per heavy atom. The summed E-state index contributed by atoms with van der Waals surface area (Å²) in [6, 6.07) is 0. The van der Waals surface area contributed by atoms with Gasteiger partial charge in [-0.1, -0.05) is 19.1 Å². The van der Waals surface area contributed by atoms with Gasteiger partial charge in [0.2, 0.25) is 5.88 Å². The molecule has 1 aliphatic carbocycles. The second kappa shape index (κ2) is 5.25. The lowest BCUT2D eigenvalue weighted by Crippen LogP contribution is -2.33. The molecule has 2 N–H and O–H groups in total. The van der Waals surface area contributed by atoms with Crippen molar-refractivity contribution in [2.45, 2.75) is 39.2 Å². The van der Waals surface area contributed by atoms with E-state index < -0.39 is 11.2 Å². The molecule has 1 atom stereocenters. The first-order valence-corrected chi connectivity index (χ1v) is 6.33. The number of allylic oxidation sites excluding steroid dienone is 2. The average Bonchev–Trinajstić information content (AvgIpc) is 2.36. The van der Waals surface area contributed by atoms with E-state index in [2.05, 4.69) is 17.1 Å². The van der Waals surface area contributed by atoms with Crippen LogP contribution in [0.1, 0.15) is 31.7 Å². The highest BCUT2D eigenvalue weighted by molar-refractivity contribution is 5.22. The van der Waals surface area contributed by atoms with Crippen molar-refractivity contribution >= 4 is 0 Å². The highest BCUT2D eigenvalue weighted by Gasteiger charge is 2.17. The molecule has 1 aromatic rings. The number of hydrogen-bond donors (Lipinski definition) is 2. The van der Waals surface area contributed by atoms with E-state index in [1.807, 2.05) is 0 Å². The zero-order chi connectivity index (χ0) is 13.1. The fourth-order valence-electron chi connectivity index (χ4n) is 2.37. The number of aromatic hydroxyl groups is 1. The molecular formula is C13H18N2O3. The van der Waals surface area contributed by atoms with Crippen LogP contribution in [0.2, 0.25) is 0 Å². The minimum absolute atomic E-state index is 0.180. The predicted molar refractivity (Wildman–Crippen MR) is 68.8 cm³/mol. The summed E-state index contributed by atoms with van der Waals surface area (Å²) >= 11 is 0. The lowest BCUT2D eigenvalue weighted by atomic mass is 9.94. The van der Waals surface area contributed by atoms with E-state index in [1.54, 1.807) is 6.92 Å². The predicted octanol–water partition coefficient (Wildman–Crippen LogP) is 1.16. The van der Waals surface area contributed by atoms with Gasteiger partial charge in [-0.3, -0.25) is 14.3 Å². The SMILES string of the molecule is CCc1c(O)n(CC2CC=CCC2)c(=O)[nH]c1=O. The molecule has 5 heteroatoms. The first-order chi connectivity index (χ1) is 8.63. The fourth-order valence-corrected chi connectivity index (χ4v) is 2.37. The summed E-state index contributed by atoms with van der Waals surface area (Å²) in [5.41, 5.74) is -0.731. The Labute approximate surface area is 105 Å². The maximum absolute atomic E-state index is 11.7. The molecule has 1 unspecified atom stereocenters. The van der Waals surface area contributed by atoms with Crippen molar-refractivity contribution in [1.29, 1.82) is 0 Å². The number of aromatic amines is 1. The van der Waals surface area contributed by atoms with E-state index in [4.69, 9.17) is 0 Å². The van der Waals surface area contributed by atoms with Gasteiger partial charge >= 0.3 is 5.69 Å². The monoisotopic (exact) mass is 250 g/mol. The highest BCUT2D eigenvalue weighted by Crippen LogP contribution is 2.21. The summed E-state index contributed by atoms with van der Waals surface area (Å²) in [6.07, 6.45) is 7.55. The molecule has 5 nitrogen and oxygen atoms in total. The Morgan fingerprint density at radius 3 is 2.83 bits per heavy atom. The van der Waals surface area contributed by atoms with Crippen LogP contribution in [0.3, 0.4) is 0 Å². The first kappa shape index (κ1) is 12.7. The van der Waals surface area contributed by atoms with Gasteiger partial charge in [-0.15, -0.1) is 0 Å². The average molecular weight is 250 g/mol. The number of nitrogens with one attached hydrogen (secondary N) is 1. The second-order valence-electron chi connectivity index (χ2n) is 4.68. The highest BCUT2D eigenvalue weighted by atomic mass is 16.3. The van der Waals surface area contributed by atoms with Gasteiger partial charge in [0.25, 0.3) is 5.56 Å². The van der Waals surface area contributed by atoms with Crippen molar-refractivity contribution in [3.05, 3.63) is 38.6 Å². The van der Waals surface area contributed by atoms with E-state index in [0.717, 1.165) is 19.3 Å². The van der Waals surface area contributed by atoms with E-state index in [9.17, 15) is 14.7 Å². The van der Waals surface area contributed by atoms with Gasteiger partial charge in [-0.25, -0.2) is 4.79 Å². The molecular weight excluding hydrogens is 232 g/mol. The van der Waals surface area contributed by atoms with Crippen molar-refractivity contribution in [3.63, 3.8) is 0 Å². The summed E-state index contributed by atoms with van der Waals surface area (Å²) in [5.74, 6) is 0.162. The minimum atomic E-state index is -0.524. The number of rotatable bonds is 3. The molecule has 0 fully saturated rings. The molecule has 0 aromatic carbocycles. The van der Waals surface area contributed by atoms with E-state index >= 15 is 0 Å². The normalized spacial score (nSPS) is 19.1. The number of hydrogen-bond acceptors (Lipinski definition) is 3. The number of H-pyrrole nitrogens is 1. The van der Waals surface area contributed by atoms with Crippen molar-refractivity contribution in [1.82, 2.24) is 9.55 Å². The topological polar surface area (TPSA) is 75.1 Å². The third-order valence-corrected chi connectivity index (χ3v) is 3.44. The molecule has 2 rings (SSSR count). The standard InChI is InChI=1S/C13H18N2O3/c1-2-10-11(16)14-13(18)15(12(10)17)8-9-6-4-3-5-7-9/h3-4,9,17H,2,5-8H2,1H3,(H,14,16,18). The first-order valence-electron chi connectivity index (χ1n) is 6.33. The summed E-state index contributed by atoms with van der Waals surface area (Å²) in [7, 11) is 0. The molecule has 1 aliphatic rings. The Bertz CT molecular complexity index is 569. The molecule has 1 aromatic heterocycles. The molecule has 0 spiro atoms. The summed E-state index contributed by atoms with van der Waals surface area (Å²) in [6.45, 7) is 2.24. The summed E-state index contributed by atoms with van der Waals surface area (Å²) in [5, 5.41) is 10.0. The van der Waals surface area contributed by atoms with Gasteiger partial charge in [0.1, 0.15) is 0 Å². The van der Waals surface area contributed by atoms with Crippen molar-refractivity contribution < 1.29 is 5.11 Å². The zero-order valence-electron chi connectivity index (χ0n) is 10.5. The van der Waals surface area contributed by atoms with E-state index in [1.165, 1.54) is 4.57 Å². The van der Waals surface area contributed by atoms with Crippen LogP contribution in [0.15, 0.2) is 21.7 Å². The van der Waals surface area contributed by atoms with E-state index in [-0.39, 0.29) is 11.4 Å². The van der Waals surface area contributed by atoms with Crippen LogP contribution in [-0.2, 0) is 13.0 Å². The molecule has 0 bridgehead atoms. The van der Waals surface area contributed by atoms with Crippen molar-refractivity contribution in [2.24, 2.45) is 5.92 Å². The Hall–Kier alpha value is -1.78. The van der Waals surface area contributed by atoms with Crippen LogP contribution < -0.4 is 11.2 Å². The van der Waals surface area contributed by atoms with Crippen molar-refractivity contribution in [2.75, 3.05) is 0 Å². The maximum Gasteiger partial charge on any atom is 0.331 e. The molecule has 0 saturated heterocycles. The van der Waals surface area contributed by atoms with Crippen LogP contribution in [0, 0.1) is 5.92 Å². The van der Waals surface area contributed by atoms with Crippen LogP contribution in [0.4, 0.5) is 0 Å².